The third-order valence-electron chi connectivity index (χ3n) is 4.38. The van der Waals surface area contributed by atoms with Gasteiger partial charge < -0.3 is 32.3 Å². The second-order valence-corrected chi connectivity index (χ2v) is 9.29. The molecule has 21 heteroatoms. The van der Waals surface area contributed by atoms with E-state index in [-0.39, 0.29) is 0 Å². The fourth-order valence-electron chi connectivity index (χ4n) is 2.29. The Bertz CT molecular complexity index is 1040. The summed E-state index contributed by atoms with van der Waals surface area (Å²) in [7, 11) is 6.32. The standard InChI is InChI=1S/4C5H8ClN2.BF4.BO3/c4*1-7-3-4-8(2)5(7)6;2-1(3,4)5;2-1(3)4/h4*3-4H,1-2H3;;/q4*+1;-1;-3. The van der Waals surface area contributed by atoms with Crippen molar-refractivity contribution >= 4 is 61.0 Å². The van der Waals surface area contributed by atoms with Gasteiger partial charge in [-0.05, 0) is 0 Å². The van der Waals surface area contributed by atoms with Gasteiger partial charge in [0, 0.05) is 46.4 Å². The van der Waals surface area contributed by atoms with Gasteiger partial charge in [0.25, 0.3) is 0 Å². The molecular weight excluding hydrogens is 640 g/mol. The molecule has 0 radical (unpaired) electrons. The predicted molar refractivity (Wildman–Crippen MR) is 142 cm³/mol. The molecule has 0 aliphatic rings. The van der Waals surface area contributed by atoms with Crippen LogP contribution in [0.5, 0.6) is 0 Å². The molecule has 0 aliphatic carbocycles. The number of hydrogen-bond donors (Lipinski definition) is 0. The van der Waals surface area contributed by atoms with Gasteiger partial charge >= 0.3 is 28.4 Å². The van der Waals surface area contributed by atoms with E-state index in [0.717, 1.165) is 21.1 Å². The maximum atomic E-state index is 9.75. The van der Waals surface area contributed by atoms with Crippen LogP contribution >= 0.6 is 46.4 Å². The molecule has 4 heterocycles. The molecule has 0 aliphatic heterocycles. The monoisotopic (exact) mass is 670 g/mol. The van der Waals surface area contributed by atoms with E-state index in [1.807, 2.05) is 142 Å². The van der Waals surface area contributed by atoms with Crippen molar-refractivity contribution in [3.63, 3.8) is 0 Å². The Morgan fingerprint density at radius 3 is 0.683 bits per heavy atom. The third-order valence-corrected chi connectivity index (χ3v) is 6.52. The van der Waals surface area contributed by atoms with Crippen LogP contribution in [0.1, 0.15) is 0 Å². The summed E-state index contributed by atoms with van der Waals surface area (Å²) < 4.78 is 53.8. The molecule has 0 saturated carbocycles. The quantitative estimate of drug-likeness (QED) is 0.141. The fraction of sp³-hybridized carbons (Fsp3) is 0.400. The van der Waals surface area contributed by atoms with Gasteiger partial charge in [-0.25, -0.2) is 36.5 Å². The molecule has 0 aromatic carbocycles. The number of nitrogens with zero attached hydrogens (tertiary/aromatic N) is 8. The number of halogens is 8. The first-order valence-electron chi connectivity index (χ1n) is 11.1. The molecule has 4 aromatic heterocycles. The summed E-state index contributed by atoms with van der Waals surface area (Å²) in [5.41, 5.74) is 0. The minimum Gasteiger partial charge on any atom is -0.907 e. The zero-order valence-electron chi connectivity index (χ0n) is 23.6. The Morgan fingerprint density at radius 1 is 0.537 bits per heavy atom. The SMILES string of the molecule is Cn1cc[n+](C)c1Cl.Cn1cc[n+](C)c1Cl.Cn1cc[n+](C)c1Cl.Cn1cc[n+](C)c1Cl.F[B-](F)(F)F.[O-]B([O-])[O-]. The molecule has 0 bridgehead atoms. The van der Waals surface area contributed by atoms with Gasteiger partial charge in [0.15, 0.2) is 0 Å². The van der Waals surface area contributed by atoms with Crippen LogP contribution < -0.4 is 33.3 Å². The van der Waals surface area contributed by atoms with Gasteiger partial charge in [-0.2, -0.15) is 0 Å². The van der Waals surface area contributed by atoms with Gasteiger partial charge in [-0.15, -0.1) is 0 Å². The van der Waals surface area contributed by atoms with Crippen molar-refractivity contribution in [3.05, 3.63) is 70.7 Å². The Kier molecular flexibility index (Phi) is 19.7. The Morgan fingerprint density at radius 2 is 0.659 bits per heavy atom. The lowest BCUT2D eigenvalue weighted by atomic mass is 10.3. The topological polar surface area (TPSA) is 104 Å². The average Bonchev–Trinajstić information content (AvgIpc) is 3.53. The van der Waals surface area contributed by atoms with Crippen molar-refractivity contribution < 1.29 is 50.6 Å². The number of imidazole rings is 4. The second kappa shape index (κ2) is 19.8. The van der Waals surface area contributed by atoms with Crippen LogP contribution in [0.25, 0.3) is 0 Å². The summed E-state index contributed by atoms with van der Waals surface area (Å²) in [6.07, 6.45) is 15.2. The molecule has 4 rings (SSSR count). The first-order chi connectivity index (χ1) is 18.6. The molecule has 0 fully saturated rings. The largest absolute Gasteiger partial charge is 0.907 e. The van der Waals surface area contributed by atoms with Crippen LogP contribution in [0.2, 0.25) is 21.1 Å². The minimum atomic E-state index is -6.00. The summed E-state index contributed by atoms with van der Waals surface area (Å²) in [5, 5.41) is 28.2. The molecule has 0 N–H and O–H groups in total. The van der Waals surface area contributed by atoms with Gasteiger partial charge in [0.2, 0.25) is 0 Å². The van der Waals surface area contributed by atoms with Crippen LogP contribution in [0.4, 0.5) is 17.3 Å². The lowest BCUT2D eigenvalue weighted by Crippen LogP contribution is -2.56. The summed E-state index contributed by atoms with van der Waals surface area (Å²) in [5.74, 6) is 0. The van der Waals surface area contributed by atoms with E-state index < -0.39 is 14.6 Å². The molecule has 232 valence electrons. The van der Waals surface area contributed by atoms with E-state index in [1.165, 1.54) is 0 Å². The molecule has 11 nitrogen and oxygen atoms in total. The molecule has 4 aromatic rings. The van der Waals surface area contributed by atoms with E-state index >= 15 is 0 Å². The minimum absolute atomic E-state index is 0.741. The Labute approximate surface area is 256 Å². The molecular formula is C20H32B2Cl4F4N8O3. The van der Waals surface area contributed by atoms with Gasteiger partial charge in [-0.1, -0.05) is 0 Å². The number of aryl methyl sites for hydroxylation is 8. The van der Waals surface area contributed by atoms with E-state index in [4.69, 9.17) is 61.5 Å². The van der Waals surface area contributed by atoms with Crippen molar-refractivity contribution in [2.45, 2.75) is 0 Å². The third kappa shape index (κ3) is 19.5. The molecule has 41 heavy (non-hydrogen) atoms. The van der Waals surface area contributed by atoms with Crippen LogP contribution in [0, 0.1) is 0 Å². The molecule has 0 saturated heterocycles. The van der Waals surface area contributed by atoms with Gasteiger partial charge in [0.05, 0.1) is 56.4 Å². The van der Waals surface area contributed by atoms with Crippen LogP contribution in [-0.4, -0.2) is 32.8 Å². The Balaban J connectivity index is 0. The maximum Gasteiger partial charge on any atom is 0.673 e. The van der Waals surface area contributed by atoms with Gasteiger partial charge in [0.1, 0.15) is 49.6 Å². The van der Waals surface area contributed by atoms with E-state index in [2.05, 4.69) is 0 Å². The first-order valence-corrected chi connectivity index (χ1v) is 12.6. The number of hydrogen-bond acceptors (Lipinski definition) is 3. The smallest absolute Gasteiger partial charge is 0.673 e. The maximum absolute atomic E-state index is 9.75. The molecule has 0 spiro atoms. The highest BCUT2D eigenvalue weighted by Crippen LogP contribution is 2.06. The van der Waals surface area contributed by atoms with Crippen molar-refractivity contribution in [1.82, 2.24) is 18.3 Å². The van der Waals surface area contributed by atoms with Crippen molar-refractivity contribution in [2.75, 3.05) is 0 Å². The summed E-state index contributed by atoms with van der Waals surface area (Å²) in [6.45, 7) is 0. The van der Waals surface area contributed by atoms with E-state index in [1.54, 1.807) is 0 Å². The molecule has 0 amide bonds. The van der Waals surface area contributed by atoms with E-state index in [9.17, 15) is 17.3 Å². The summed E-state index contributed by atoms with van der Waals surface area (Å²) in [4.78, 5) is 0. The first kappa shape index (κ1) is 40.9. The summed E-state index contributed by atoms with van der Waals surface area (Å²) >= 11 is 22.9. The summed E-state index contributed by atoms with van der Waals surface area (Å²) in [6, 6.07) is 0. The number of rotatable bonds is 0. The highest BCUT2D eigenvalue weighted by molar-refractivity contribution is 6.50. The fourth-order valence-corrected chi connectivity index (χ4v) is 2.74. The highest BCUT2D eigenvalue weighted by Gasteiger charge is 2.20. The van der Waals surface area contributed by atoms with Crippen LogP contribution in [0.3, 0.4) is 0 Å². The average molecular weight is 672 g/mol. The van der Waals surface area contributed by atoms with Crippen LogP contribution in [0.15, 0.2) is 49.6 Å². The van der Waals surface area contributed by atoms with Gasteiger partial charge in [-0.3, -0.25) is 7.32 Å². The van der Waals surface area contributed by atoms with Crippen molar-refractivity contribution in [1.29, 1.82) is 0 Å². The lowest BCUT2D eigenvalue weighted by Gasteiger charge is -2.35. The predicted octanol–water partition coefficient (Wildman–Crippen LogP) is -0.636. The van der Waals surface area contributed by atoms with Crippen molar-refractivity contribution in [2.24, 2.45) is 56.4 Å². The zero-order chi connectivity index (χ0) is 32.7. The second-order valence-electron chi connectivity index (χ2n) is 7.94. The Hall–Kier alpha value is -2.27. The molecule has 0 atom stereocenters. The normalized spacial score (nSPS) is 9.83. The zero-order valence-corrected chi connectivity index (χ0v) is 26.6. The highest BCUT2D eigenvalue weighted by atomic mass is 35.5. The lowest BCUT2D eigenvalue weighted by molar-refractivity contribution is -0.668. The van der Waals surface area contributed by atoms with E-state index in [0.29, 0.717) is 0 Å². The molecule has 0 unspecified atom stereocenters. The number of aromatic nitrogens is 8. The van der Waals surface area contributed by atoms with Crippen molar-refractivity contribution in [3.8, 4) is 0 Å². The van der Waals surface area contributed by atoms with Crippen LogP contribution in [-0.2, 0) is 56.4 Å².